The van der Waals surface area contributed by atoms with Crippen LogP contribution in [0.4, 0.5) is 0 Å². The highest BCUT2D eigenvalue weighted by Crippen LogP contribution is 2.23. The molecule has 7 nitrogen and oxygen atoms in total. The van der Waals surface area contributed by atoms with Crippen molar-refractivity contribution in [2.45, 2.75) is 26.4 Å². The van der Waals surface area contributed by atoms with E-state index >= 15 is 0 Å². The van der Waals surface area contributed by atoms with E-state index in [1.807, 2.05) is 30.3 Å². The molecule has 0 spiro atoms. The molecule has 0 radical (unpaired) electrons. The van der Waals surface area contributed by atoms with Gasteiger partial charge in [0.15, 0.2) is 6.61 Å². The minimum Gasteiger partial charge on any atom is -0.459 e. The predicted octanol–water partition coefficient (Wildman–Crippen LogP) is 3.10. The highest BCUT2D eigenvalue weighted by molar-refractivity contribution is 5.91. The van der Waals surface area contributed by atoms with E-state index in [-0.39, 0.29) is 11.9 Å². The number of carbonyl (C=O) groups is 3. The number of carbonyl (C=O) groups excluding carboxylic acids is 3. The zero-order chi connectivity index (χ0) is 20.8. The number of ether oxygens (including phenoxy) is 1. The Morgan fingerprint density at radius 2 is 1.79 bits per heavy atom. The standard InChI is InChI=1S/C22H22N2O5/c1-14(20-11-18-5-3-4-6-19(18)29-20)24-21(26)13-28-22(27)17-9-7-16(8-10-17)12-23-15(2)25/h3-11,14H,12-13H2,1-2H3,(H,23,25)(H,24,26). The van der Waals surface area contributed by atoms with Crippen LogP contribution in [0.25, 0.3) is 11.0 Å². The van der Waals surface area contributed by atoms with Gasteiger partial charge in [0, 0.05) is 18.9 Å². The van der Waals surface area contributed by atoms with Crippen LogP contribution < -0.4 is 10.6 Å². The van der Waals surface area contributed by atoms with Gasteiger partial charge in [-0.1, -0.05) is 30.3 Å². The summed E-state index contributed by atoms with van der Waals surface area (Å²) in [5.41, 5.74) is 1.93. The Morgan fingerprint density at radius 1 is 1.07 bits per heavy atom. The third-order valence-electron chi connectivity index (χ3n) is 4.31. The molecule has 0 saturated heterocycles. The van der Waals surface area contributed by atoms with Gasteiger partial charge in [0.1, 0.15) is 11.3 Å². The van der Waals surface area contributed by atoms with Crippen molar-refractivity contribution >= 4 is 28.8 Å². The van der Waals surface area contributed by atoms with Crippen LogP contribution in [0.15, 0.2) is 59.0 Å². The van der Waals surface area contributed by atoms with Gasteiger partial charge >= 0.3 is 5.97 Å². The molecule has 2 N–H and O–H groups in total. The molecule has 2 aromatic carbocycles. The summed E-state index contributed by atoms with van der Waals surface area (Å²) >= 11 is 0. The van der Waals surface area contributed by atoms with Crippen LogP contribution in [0.5, 0.6) is 0 Å². The normalized spacial score (nSPS) is 11.7. The SMILES string of the molecule is CC(=O)NCc1ccc(C(=O)OCC(=O)NC(C)c2cc3ccccc3o2)cc1. The first-order chi connectivity index (χ1) is 13.9. The Hall–Kier alpha value is -3.61. The molecule has 1 aromatic heterocycles. The number of hydrogen-bond acceptors (Lipinski definition) is 5. The quantitative estimate of drug-likeness (QED) is 0.600. The Kier molecular flexibility index (Phi) is 6.29. The van der Waals surface area contributed by atoms with Crippen LogP contribution in [0.3, 0.4) is 0 Å². The highest BCUT2D eigenvalue weighted by Gasteiger charge is 2.16. The van der Waals surface area contributed by atoms with Gasteiger partial charge < -0.3 is 19.8 Å². The summed E-state index contributed by atoms with van der Waals surface area (Å²) in [4.78, 5) is 35.1. The molecule has 2 amide bonds. The Labute approximate surface area is 168 Å². The maximum Gasteiger partial charge on any atom is 0.338 e. The number of benzene rings is 2. The van der Waals surface area contributed by atoms with Crippen molar-refractivity contribution in [3.8, 4) is 0 Å². The van der Waals surface area contributed by atoms with Crippen molar-refractivity contribution in [1.29, 1.82) is 0 Å². The van der Waals surface area contributed by atoms with Crippen LogP contribution in [0.1, 0.15) is 41.6 Å². The van der Waals surface area contributed by atoms with Crippen LogP contribution in [0, 0.1) is 0 Å². The number of esters is 1. The Balaban J connectivity index is 1.49. The third kappa shape index (κ3) is 5.44. The van der Waals surface area contributed by atoms with Crippen molar-refractivity contribution in [2.75, 3.05) is 6.61 Å². The lowest BCUT2D eigenvalue weighted by atomic mass is 10.1. The van der Waals surface area contributed by atoms with Gasteiger partial charge in [-0.2, -0.15) is 0 Å². The maximum atomic E-state index is 12.1. The fourth-order valence-corrected chi connectivity index (χ4v) is 2.77. The monoisotopic (exact) mass is 394 g/mol. The Morgan fingerprint density at radius 3 is 2.48 bits per heavy atom. The van der Waals surface area contributed by atoms with Crippen LogP contribution in [-0.4, -0.2) is 24.4 Å². The molecule has 0 aliphatic carbocycles. The molecule has 0 aliphatic heterocycles. The molecule has 3 aromatic rings. The second kappa shape index (κ2) is 9.05. The van der Waals surface area contributed by atoms with Gasteiger partial charge in [-0.3, -0.25) is 9.59 Å². The summed E-state index contributed by atoms with van der Waals surface area (Å²) in [5.74, 6) is -0.520. The van der Waals surface area contributed by atoms with E-state index < -0.39 is 18.5 Å². The smallest absolute Gasteiger partial charge is 0.338 e. The lowest BCUT2D eigenvalue weighted by molar-refractivity contribution is -0.125. The lowest BCUT2D eigenvalue weighted by Crippen LogP contribution is -2.31. The van der Waals surface area contributed by atoms with Gasteiger partial charge in [-0.15, -0.1) is 0 Å². The summed E-state index contributed by atoms with van der Waals surface area (Å²) in [7, 11) is 0. The molecular formula is C22H22N2O5. The van der Waals surface area contributed by atoms with E-state index in [1.54, 1.807) is 31.2 Å². The number of para-hydroxylation sites is 1. The average molecular weight is 394 g/mol. The van der Waals surface area contributed by atoms with Crippen molar-refractivity contribution in [3.63, 3.8) is 0 Å². The molecule has 1 unspecified atom stereocenters. The van der Waals surface area contributed by atoms with Gasteiger partial charge in [0.2, 0.25) is 5.91 Å². The van der Waals surface area contributed by atoms with Crippen molar-refractivity contribution in [1.82, 2.24) is 10.6 Å². The number of nitrogens with one attached hydrogen (secondary N) is 2. The molecule has 7 heteroatoms. The van der Waals surface area contributed by atoms with Crippen molar-refractivity contribution in [2.24, 2.45) is 0 Å². The second-order valence-corrected chi connectivity index (χ2v) is 6.66. The number of fused-ring (bicyclic) bond motifs is 1. The number of furan rings is 1. The summed E-state index contributed by atoms with van der Waals surface area (Å²) < 4.78 is 10.8. The second-order valence-electron chi connectivity index (χ2n) is 6.66. The summed E-state index contributed by atoms with van der Waals surface area (Å²) in [6.07, 6.45) is 0. The highest BCUT2D eigenvalue weighted by atomic mass is 16.5. The van der Waals surface area contributed by atoms with E-state index in [0.717, 1.165) is 16.5 Å². The van der Waals surface area contributed by atoms with Gasteiger partial charge in [0.05, 0.1) is 11.6 Å². The Bertz CT molecular complexity index is 990. The zero-order valence-corrected chi connectivity index (χ0v) is 16.2. The number of rotatable bonds is 7. The fraction of sp³-hybridized carbons (Fsp3) is 0.227. The maximum absolute atomic E-state index is 12.1. The fourth-order valence-electron chi connectivity index (χ4n) is 2.77. The molecule has 0 saturated carbocycles. The molecule has 0 fully saturated rings. The van der Waals surface area contributed by atoms with Crippen molar-refractivity contribution in [3.05, 3.63) is 71.5 Å². The van der Waals surface area contributed by atoms with E-state index in [4.69, 9.17) is 9.15 Å². The molecule has 150 valence electrons. The average Bonchev–Trinajstić information content (AvgIpc) is 3.15. The van der Waals surface area contributed by atoms with Crippen molar-refractivity contribution < 1.29 is 23.5 Å². The molecule has 29 heavy (non-hydrogen) atoms. The number of amides is 2. The van der Waals surface area contributed by atoms with E-state index in [0.29, 0.717) is 17.9 Å². The van der Waals surface area contributed by atoms with Crippen LogP contribution >= 0.6 is 0 Å². The molecule has 3 rings (SSSR count). The topological polar surface area (TPSA) is 97.6 Å². The van der Waals surface area contributed by atoms with E-state index in [2.05, 4.69) is 10.6 Å². The summed E-state index contributed by atoms with van der Waals surface area (Å²) in [5, 5.41) is 6.38. The summed E-state index contributed by atoms with van der Waals surface area (Å²) in [6.45, 7) is 3.22. The van der Waals surface area contributed by atoms with Crippen LogP contribution in [0.2, 0.25) is 0 Å². The third-order valence-corrected chi connectivity index (χ3v) is 4.31. The zero-order valence-electron chi connectivity index (χ0n) is 16.2. The van der Waals surface area contributed by atoms with E-state index in [9.17, 15) is 14.4 Å². The molecule has 0 aliphatic rings. The van der Waals surface area contributed by atoms with Crippen LogP contribution in [-0.2, 0) is 20.9 Å². The summed E-state index contributed by atoms with van der Waals surface area (Å²) in [6, 6.07) is 15.7. The largest absolute Gasteiger partial charge is 0.459 e. The van der Waals surface area contributed by atoms with Gasteiger partial charge in [-0.05, 0) is 36.8 Å². The van der Waals surface area contributed by atoms with Gasteiger partial charge in [-0.25, -0.2) is 4.79 Å². The minimum absolute atomic E-state index is 0.128. The molecule has 1 atom stereocenters. The first kappa shape index (κ1) is 20.1. The van der Waals surface area contributed by atoms with Gasteiger partial charge in [0.25, 0.3) is 5.91 Å². The molecule has 1 heterocycles. The lowest BCUT2D eigenvalue weighted by Gasteiger charge is -2.11. The number of hydrogen-bond donors (Lipinski definition) is 2. The first-order valence-electron chi connectivity index (χ1n) is 9.20. The predicted molar refractivity (Wildman–Crippen MR) is 107 cm³/mol. The molecule has 0 bridgehead atoms. The first-order valence-corrected chi connectivity index (χ1v) is 9.20. The van der Waals surface area contributed by atoms with E-state index in [1.165, 1.54) is 6.92 Å². The molecular weight excluding hydrogens is 372 g/mol. The minimum atomic E-state index is -0.595.